The second-order valence-corrected chi connectivity index (χ2v) is 9.80. The number of rotatable bonds is 5. The molecule has 190 valence electrons. The van der Waals surface area contributed by atoms with Crippen LogP contribution in [-0.2, 0) is 27.5 Å². The Hall–Kier alpha value is -3.85. The number of anilines is 1. The first-order valence-electron chi connectivity index (χ1n) is 11.9. The summed E-state index contributed by atoms with van der Waals surface area (Å²) < 4.78 is 11.2. The van der Waals surface area contributed by atoms with Crippen LogP contribution in [0.25, 0.3) is 17.0 Å². The molecule has 4 rings (SSSR count). The van der Waals surface area contributed by atoms with Gasteiger partial charge in [0.2, 0.25) is 5.91 Å². The molecular weight excluding hydrogens is 460 g/mol. The van der Waals surface area contributed by atoms with Crippen molar-refractivity contribution in [3.63, 3.8) is 0 Å². The monoisotopic (exact) mass is 492 g/mol. The molecule has 0 atom stereocenters. The van der Waals surface area contributed by atoms with E-state index in [4.69, 9.17) is 14.0 Å². The first-order chi connectivity index (χ1) is 17.1. The Morgan fingerprint density at radius 2 is 2.06 bits per heavy atom. The van der Waals surface area contributed by atoms with Crippen molar-refractivity contribution in [2.45, 2.75) is 46.4 Å². The summed E-state index contributed by atoms with van der Waals surface area (Å²) >= 11 is 0. The van der Waals surface area contributed by atoms with E-state index in [1.807, 2.05) is 37.3 Å². The van der Waals surface area contributed by atoms with Crippen LogP contribution in [0, 0.1) is 6.92 Å². The number of benzene rings is 1. The molecule has 1 aliphatic heterocycles. The number of para-hydroxylation sites is 1. The van der Waals surface area contributed by atoms with Crippen molar-refractivity contribution in [3.05, 3.63) is 65.1 Å². The van der Waals surface area contributed by atoms with Gasteiger partial charge in [-0.1, -0.05) is 18.2 Å². The van der Waals surface area contributed by atoms with Gasteiger partial charge in [-0.25, -0.2) is 9.78 Å². The van der Waals surface area contributed by atoms with E-state index in [1.165, 1.54) is 11.1 Å². The lowest BCUT2D eigenvalue weighted by molar-refractivity contribution is -0.145. The van der Waals surface area contributed by atoms with Crippen LogP contribution in [0.2, 0.25) is 0 Å². The molecule has 1 aromatic carbocycles. The second kappa shape index (κ2) is 10.4. The predicted octanol–water partition coefficient (Wildman–Crippen LogP) is 4.90. The molecule has 9 heteroatoms. The molecule has 0 saturated carbocycles. The Morgan fingerprint density at radius 3 is 2.81 bits per heavy atom. The van der Waals surface area contributed by atoms with Crippen molar-refractivity contribution in [2.24, 2.45) is 0 Å². The summed E-state index contributed by atoms with van der Waals surface area (Å²) in [6, 6.07) is 9.75. The molecule has 1 aliphatic rings. The second-order valence-electron chi connectivity index (χ2n) is 9.80. The number of carbonyl (C=O) groups excluding carboxylic acids is 2. The van der Waals surface area contributed by atoms with E-state index < -0.39 is 11.8 Å². The Balaban J connectivity index is 1.40. The average Bonchev–Trinajstić information content (AvgIpc) is 2.98. The van der Waals surface area contributed by atoms with E-state index in [2.05, 4.69) is 10.3 Å². The van der Waals surface area contributed by atoms with E-state index >= 15 is 0 Å². The molecule has 3 heterocycles. The largest absolute Gasteiger partial charge is 0.528 e. The van der Waals surface area contributed by atoms with Crippen LogP contribution >= 0.6 is 0 Å². The maximum Gasteiger partial charge on any atom is 0.528 e. The molecule has 0 unspecified atom stereocenters. The minimum atomic E-state index is -0.747. The van der Waals surface area contributed by atoms with Crippen molar-refractivity contribution < 1.29 is 23.6 Å². The van der Waals surface area contributed by atoms with E-state index in [9.17, 15) is 9.59 Å². The molecule has 0 bridgehead atoms. The maximum absolute atomic E-state index is 12.8. The van der Waals surface area contributed by atoms with Gasteiger partial charge in [0.05, 0.1) is 19.6 Å². The van der Waals surface area contributed by atoms with Crippen LogP contribution in [0.3, 0.4) is 0 Å². The SMILES string of the molecule is Cc1c(CN(C)C(=O)/C=C/c2cnc3c(c2)CN(OC(=O)OC(C)(C)C)CCN3)oc2ccccc12. The van der Waals surface area contributed by atoms with Gasteiger partial charge in [0.25, 0.3) is 0 Å². The third-order valence-corrected chi connectivity index (χ3v) is 5.70. The lowest BCUT2D eigenvalue weighted by atomic mass is 10.1. The van der Waals surface area contributed by atoms with Crippen LogP contribution in [-0.4, -0.2) is 52.7 Å². The number of furan rings is 1. The quantitative estimate of drug-likeness (QED) is 0.397. The van der Waals surface area contributed by atoms with Crippen molar-refractivity contribution in [1.29, 1.82) is 0 Å². The number of hydroxylamine groups is 2. The summed E-state index contributed by atoms with van der Waals surface area (Å²) in [7, 11) is 1.74. The van der Waals surface area contributed by atoms with Gasteiger partial charge < -0.3 is 24.2 Å². The van der Waals surface area contributed by atoms with E-state index in [0.29, 0.717) is 32.0 Å². The number of nitrogens with zero attached hydrogens (tertiary/aromatic N) is 3. The summed E-state index contributed by atoms with van der Waals surface area (Å²) in [6.45, 7) is 9.10. The normalized spacial score (nSPS) is 14.2. The van der Waals surface area contributed by atoms with Gasteiger partial charge in [0.1, 0.15) is 22.8 Å². The highest BCUT2D eigenvalue weighted by Crippen LogP contribution is 2.26. The smallest absolute Gasteiger partial charge is 0.459 e. The Kier molecular flexibility index (Phi) is 7.30. The van der Waals surface area contributed by atoms with Crippen LogP contribution < -0.4 is 5.32 Å². The van der Waals surface area contributed by atoms with Gasteiger partial charge in [-0.2, -0.15) is 0 Å². The zero-order chi connectivity index (χ0) is 25.9. The lowest BCUT2D eigenvalue weighted by Gasteiger charge is -2.23. The zero-order valence-electron chi connectivity index (χ0n) is 21.3. The number of fused-ring (bicyclic) bond motifs is 2. The van der Waals surface area contributed by atoms with Crippen molar-refractivity contribution in [2.75, 3.05) is 25.5 Å². The van der Waals surface area contributed by atoms with Gasteiger partial charge >= 0.3 is 6.16 Å². The van der Waals surface area contributed by atoms with Crippen LogP contribution in [0.1, 0.15) is 43.2 Å². The molecule has 2 aromatic heterocycles. The van der Waals surface area contributed by atoms with Gasteiger partial charge in [-0.3, -0.25) is 4.79 Å². The first kappa shape index (κ1) is 25.2. The van der Waals surface area contributed by atoms with Gasteiger partial charge in [-0.05, 0) is 51.5 Å². The number of carbonyl (C=O) groups is 2. The number of hydrogen-bond acceptors (Lipinski definition) is 8. The molecule has 1 N–H and O–H groups in total. The summed E-state index contributed by atoms with van der Waals surface area (Å²) in [5, 5.41) is 5.83. The van der Waals surface area contributed by atoms with Crippen molar-refractivity contribution in [3.8, 4) is 0 Å². The fourth-order valence-corrected chi connectivity index (χ4v) is 3.88. The molecule has 0 radical (unpaired) electrons. The van der Waals surface area contributed by atoms with Crippen molar-refractivity contribution in [1.82, 2.24) is 14.9 Å². The minimum Gasteiger partial charge on any atom is -0.459 e. The first-order valence-corrected chi connectivity index (χ1v) is 11.9. The average molecular weight is 493 g/mol. The van der Waals surface area contributed by atoms with Crippen molar-refractivity contribution >= 4 is 34.9 Å². The number of aromatic nitrogens is 1. The molecule has 3 aromatic rings. The van der Waals surface area contributed by atoms with Gasteiger partial charge in [-0.15, -0.1) is 5.06 Å². The third-order valence-electron chi connectivity index (χ3n) is 5.70. The minimum absolute atomic E-state index is 0.155. The Bertz CT molecular complexity index is 1290. The zero-order valence-corrected chi connectivity index (χ0v) is 21.3. The molecule has 0 spiro atoms. The van der Waals surface area contributed by atoms with E-state index in [-0.39, 0.29) is 5.91 Å². The third kappa shape index (κ3) is 6.23. The van der Waals surface area contributed by atoms with E-state index in [0.717, 1.165) is 33.4 Å². The Morgan fingerprint density at radius 1 is 1.28 bits per heavy atom. The number of pyridine rings is 1. The fraction of sp³-hybridized carbons (Fsp3) is 0.370. The van der Waals surface area contributed by atoms with Crippen LogP contribution in [0.15, 0.2) is 47.0 Å². The number of ether oxygens (including phenoxy) is 1. The summed E-state index contributed by atoms with van der Waals surface area (Å²) in [5.74, 6) is 1.33. The fourth-order valence-electron chi connectivity index (χ4n) is 3.88. The number of nitrogens with one attached hydrogen (secondary N) is 1. The predicted molar refractivity (Wildman–Crippen MR) is 137 cm³/mol. The highest BCUT2D eigenvalue weighted by Gasteiger charge is 2.23. The summed E-state index contributed by atoms with van der Waals surface area (Å²) in [5.41, 5.74) is 2.82. The molecular formula is C27H32N4O5. The highest BCUT2D eigenvalue weighted by atomic mass is 16.8. The molecule has 1 amide bonds. The standard InChI is InChI=1S/C27H32N4O5/c1-18-21-8-6-7-9-22(21)34-23(18)17-30(5)24(32)11-10-19-14-20-16-31(13-12-28-25(20)29-15-19)36-26(33)35-27(2,3)4/h6-11,14-15H,12-13,16-17H2,1-5H3,(H,28,29)/b11-10+. The number of hydrogen-bond donors (Lipinski definition) is 1. The topological polar surface area (TPSA) is 97.1 Å². The van der Waals surface area contributed by atoms with Crippen LogP contribution in [0.4, 0.5) is 10.6 Å². The summed E-state index contributed by atoms with van der Waals surface area (Å²) in [6.07, 6.45) is 4.19. The van der Waals surface area contributed by atoms with Gasteiger partial charge in [0, 0.05) is 42.4 Å². The Labute approximate surface area is 210 Å². The van der Waals surface area contributed by atoms with Gasteiger partial charge in [0.15, 0.2) is 0 Å². The van der Waals surface area contributed by atoms with Crippen LogP contribution in [0.5, 0.6) is 0 Å². The summed E-state index contributed by atoms with van der Waals surface area (Å²) in [4.78, 5) is 36.3. The number of amides is 1. The van der Waals surface area contributed by atoms with E-state index in [1.54, 1.807) is 45.0 Å². The number of likely N-dealkylation sites (N-methyl/N-ethyl adjacent to an activating group) is 1. The molecule has 0 aliphatic carbocycles. The lowest BCUT2D eigenvalue weighted by Crippen LogP contribution is -2.33. The maximum atomic E-state index is 12.8. The molecule has 36 heavy (non-hydrogen) atoms. The molecule has 0 saturated heterocycles. The number of aryl methyl sites for hydroxylation is 1. The highest BCUT2D eigenvalue weighted by molar-refractivity contribution is 5.91. The molecule has 9 nitrogen and oxygen atoms in total. The molecule has 0 fully saturated rings.